The molecule has 0 aromatic heterocycles. The smallest absolute Gasteiger partial charge is 0.303 e. The number of ether oxygens (including phenoxy) is 6. The highest BCUT2D eigenvalue weighted by Gasteiger charge is 2.53. The number of aliphatic imine (C=N–C) groups is 1. The average molecular weight is 465 g/mol. The molecule has 0 unspecified atom stereocenters. The van der Waals surface area contributed by atoms with Gasteiger partial charge in [0.1, 0.15) is 18.5 Å². The van der Waals surface area contributed by atoms with Crippen LogP contribution in [0.3, 0.4) is 0 Å². The molecular weight excluding hydrogens is 442 g/mol. The van der Waals surface area contributed by atoms with Crippen LogP contribution in [0.2, 0.25) is 0 Å². The molecule has 178 valence electrons. The van der Waals surface area contributed by atoms with Crippen LogP contribution in [0, 0.1) is 0 Å². The van der Waals surface area contributed by atoms with Crippen LogP contribution in [0.1, 0.15) is 27.7 Å². The first kappa shape index (κ1) is 25.5. The molecule has 12 heteroatoms. The predicted octanol–water partition coefficient (Wildman–Crippen LogP) is 1.12. The molecular formula is C21H23NO11. The van der Waals surface area contributed by atoms with Crippen LogP contribution < -0.4 is 4.74 Å². The number of isocyanates is 1. The molecule has 1 aliphatic rings. The molecule has 0 saturated carbocycles. The topological polar surface area (TPSA) is 153 Å². The summed E-state index contributed by atoms with van der Waals surface area (Å²) in [5, 5.41) is 0. The Bertz CT molecular complexity index is 923. The molecule has 1 heterocycles. The van der Waals surface area contributed by atoms with Crippen molar-refractivity contribution in [2.45, 2.75) is 58.4 Å². The maximum absolute atomic E-state index is 11.8. The highest BCUT2D eigenvalue weighted by Crippen LogP contribution is 2.31. The second kappa shape index (κ2) is 11.7. The van der Waals surface area contributed by atoms with Crippen molar-refractivity contribution in [1.29, 1.82) is 0 Å². The summed E-state index contributed by atoms with van der Waals surface area (Å²) in [6.45, 7) is 4.17. The van der Waals surface area contributed by atoms with Crippen molar-refractivity contribution in [1.82, 2.24) is 0 Å². The van der Waals surface area contributed by atoms with Crippen molar-refractivity contribution < 1.29 is 52.4 Å². The molecule has 0 N–H and O–H groups in total. The van der Waals surface area contributed by atoms with Crippen molar-refractivity contribution in [3.63, 3.8) is 0 Å². The first-order chi connectivity index (χ1) is 15.6. The molecule has 0 aliphatic carbocycles. The fraction of sp³-hybridized carbons (Fsp3) is 0.476. The van der Waals surface area contributed by atoms with Gasteiger partial charge in [-0.2, -0.15) is 4.99 Å². The molecule has 1 fully saturated rings. The van der Waals surface area contributed by atoms with Gasteiger partial charge in [0.25, 0.3) is 0 Å². The molecule has 12 nitrogen and oxygen atoms in total. The van der Waals surface area contributed by atoms with Gasteiger partial charge in [-0.15, -0.1) is 0 Å². The molecule has 1 saturated heterocycles. The molecule has 0 spiro atoms. The SMILES string of the molecule is CC(=O)OC[C@H]1O[C@@H](Oc2ccc(N=C=O)cc2)[C@H](OC(C)=O)[C@@H](OC(C)=O)[C@H]1OC(C)=O. The third-order valence-corrected chi connectivity index (χ3v) is 4.21. The Labute approximate surface area is 188 Å². The van der Waals surface area contributed by atoms with Gasteiger partial charge in [-0.25, -0.2) is 4.79 Å². The fourth-order valence-electron chi connectivity index (χ4n) is 3.07. The number of hydrogen-bond acceptors (Lipinski definition) is 12. The van der Waals surface area contributed by atoms with Crippen molar-refractivity contribution in [3.8, 4) is 5.75 Å². The van der Waals surface area contributed by atoms with E-state index >= 15 is 0 Å². The lowest BCUT2D eigenvalue weighted by molar-refractivity contribution is -0.288. The normalized spacial score (nSPS) is 23.9. The molecule has 1 aromatic rings. The zero-order chi connectivity index (χ0) is 24.5. The second-order valence-electron chi connectivity index (χ2n) is 6.88. The van der Waals surface area contributed by atoms with E-state index in [4.69, 9.17) is 28.4 Å². The van der Waals surface area contributed by atoms with E-state index in [2.05, 4.69) is 4.99 Å². The number of benzene rings is 1. The number of rotatable bonds is 8. The predicted molar refractivity (Wildman–Crippen MR) is 107 cm³/mol. The van der Waals surface area contributed by atoms with Gasteiger partial charge in [0.15, 0.2) is 12.2 Å². The monoisotopic (exact) mass is 465 g/mol. The molecule has 5 atom stereocenters. The highest BCUT2D eigenvalue weighted by atomic mass is 16.7. The number of nitrogens with zero attached hydrogens (tertiary/aromatic N) is 1. The summed E-state index contributed by atoms with van der Waals surface area (Å²) < 4.78 is 32.5. The van der Waals surface area contributed by atoms with Gasteiger partial charge in [0.2, 0.25) is 18.5 Å². The number of carbonyl (C=O) groups is 4. The van der Waals surface area contributed by atoms with E-state index in [0.717, 1.165) is 20.8 Å². The van der Waals surface area contributed by atoms with Crippen LogP contribution in [0.15, 0.2) is 29.3 Å². The number of carbonyl (C=O) groups excluding carboxylic acids is 5. The van der Waals surface area contributed by atoms with Crippen LogP contribution >= 0.6 is 0 Å². The summed E-state index contributed by atoms with van der Waals surface area (Å²) in [4.78, 5) is 60.5. The van der Waals surface area contributed by atoms with Gasteiger partial charge in [0, 0.05) is 27.7 Å². The lowest BCUT2D eigenvalue weighted by atomic mass is 9.98. The minimum absolute atomic E-state index is 0.223. The quantitative estimate of drug-likeness (QED) is 0.235. The van der Waals surface area contributed by atoms with E-state index in [9.17, 15) is 24.0 Å². The minimum atomic E-state index is -1.36. The molecule has 0 amide bonds. The molecule has 0 radical (unpaired) electrons. The first-order valence-corrected chi connectivity index (χ1v) is 9.75. The summed E-state index contributed by atoms with van der Waals surface area (Å²) in [5.41, 5.74) is 0.318. The summed E-state index contributed by atoms with van der Waals surface area (Å²) in [6.07, 6.45) is -5.04. The van der Waals surface area contributed by atoms with Gasteiger partial charge in [-0.05, 0) is 24.3 Å². The Morgan fingerprint density at radius 3 is 1.91 bits per heavy atom. The molecule has 0 bridgehead atoms. The number of hydrogen-bond donors (Lipinski definition) is 0. The minimum Gasteiger partial charge on any atom is -0.463 e. The van der Waals surface area contributed by atoms with Gasteiger partial charge < -0.3 is 28.4 Å². The van der Waals surface area contributed by atoms with Crippen LogP contribution in [-0.2, 0) is 47.7 Å². The van der Waals surface area contributed by atoms with Gasteiger partial charge >= 0.3 is 23.9 Å². The number of esters is 4. The molecule has 33 heavy (non-hydrogen) atoms. The third-order valence-electron chi connectivity index (χ3n) is 4.21. The fourth-order valence-corrected chi connectivity index (χ4v) is 3.07. The Kier molecular flexibility index (Phi) is 9.08. The van der Waals surface area contributed by atoms with Crippen LogP contribution in [0.25, 0.3) is 0 Å². The summed E-state index contributed by atoms with van der Waals surface area (Å²) in [7, 11) is 0. The highest BCUT2D eigenvalue weighted by molar-refractivity contribution is 5.68. The third kappa shape index (κ3) is 7.70. The van der Waals surface area contributed by atoms with Gasteiger partial charge in [-0.3, -0.25) is 19.2 Å². The second-order valence-corrected chi connectivity index (χ2v) is 6.88. The van der Waals surface area contributed by atoms with Crippen LogP contribution in [-0.4, -0.2) is 67.3 Å². The van der Waals surface area contributed by atoms with Crippen molar-refractivity contribution in [2.24, 2.45) is 4.99 Å². The van der Waals surface area contributed by atoms with E-state index in [1.165, 1.54) is 37.3 Å². The lowest BCUT2D eigenvalue weighted by Crippen LogP contribution is -2.63. The van der Waals surface area contributed by atoms with Crippen molar-refractivity contribution >= 4 is 35.6 Å². The van der Waals surface area contributed by atoms with E-state index < -0.39 is 54.6 Å². The van der Waals surface area contributed by atoms with Crippen molar-refractivity contribution in [3.05, 3.63) is 24.3 Å². The Balaban J connectivity index is 2.43. The average Bonchev–Trinajstić information content (AvgIpc) is 2.71. The largest absolute Gasteiger partial charge is 0.463 e. The Morgan fingerprint density at radius 2 is 1.39 bits per heavy atom. The first-order valence-electron chi connectivity index (χ1n) is 9.75. The molecule has 1 aliphatic heterocycles. The van der Waals surface area contributed by atoms with E-state index in [-0.39, 0.29) is 12.4 Å². The van der Waals surface area contributed by atoms with E-state index in [1.807, 2.05) is 0 Å². The zero-order valence-electron chi connectivity index (χ0n) is 18.3. The molecule has 1 aromatic carbocycles. The van der Waals surface area contributed by atoms with Crippen LogP contribution in [0.5, 0.6) is 5.75 Å². The van der Waals surface area contributed by atoms with Gasteiger partial charge in [0.05, 0.1) is 5.69 Å². The lowest BCUT2D eigenvalue weighted by Gasteiger charge is -2.43. The standard InChI is InChI=1S/C21H23NO11/c1-11(24)28-9-17-18(29-12(2)25)19(30-13(3)26)20(31-14(4)27)21(33-17)32-16-7-5-15(6-8-16)22-10-23/h5-8,17-21H,9H2,1-4H3/t17-,18+,19+,20-,21-/m1/s1. The molecule has 2 rings (SSSR count). The van der Waals surface area contributed by atoms with E-state index in [0.29, 0.717) is 5.69 Å². The van der Waals surface area contributed by atoms with E-state index in [1.54, 1.807) is 0 Å². The Morgan fingerprint density at radius 1 is 0.848 bits per heavy atom. The Hall–Kier alpha value is -3.76. The zero-order valence-corrected chi connectivity index (χ0v) is 18.3. The van der Waals surface area contributed by atoms with Crippen molar-refractivity contribution in [2.75, 3.05) is 6.61 Å². The maximum atomic E-state index is 11.8. The summed E-state index contributed by atoms with van der Waals surface area (Å²) >= 11 is 0. The summed E-state index contributed by atoms with van der Waals surface area (Å²) in [6, 6.07) is 5.85. The van der Waals surface area contributed by atoms with Crippen LogP contribution in [0.4, 0.5) is 5.69 Å². The summed E-state index contributed by atoms with van der Waals surface area (Å²) in [5.74, 6) is -2.64. The maximum Gasteiger partial charge on any atom is 0.303 e. The van der Waals surface area contributed by atoms with Gasteiger partial charge in [-0.1, -0.05) is 0 Å².